The van der Waals surface area contributed by atoms with Gasteiger partial charge < -0.3 is 9.88 Å². The molecule has 2 atom stereocenters. The van der Waals surface area contributed by atoms with Crippen molar-refractivity contribution in [1.82, 2.24) is 19.8 Å². The average Bonchev–Trinajstić information content (AvgIpc) is 3.51. The van der Waals surface area contributed by atoms with Gasteiger partial charge in [0.15, 0.2) is 0 Å². The van der Waals surface area contributed by atoms with E-state index in [4.69, 9.17) is 4.98 Å². The zero-order valence-electron chi connectivity index (χ0n) is 18.1. The predicted octanol–water partition coefficient (Wildman–Crippen LogP) is 3.72. The third-order valence-corrected chi connectivity index (χ3v) is 7.95. The van der Waals surface area contributed by atoms with Gasteiger partial charge >= 0.3 is 0 Å². The van der Waals surface area contributed by atoms with Crippen LogP contribution in [0.2, 0.25) is 0 Å². The molecule has 0 aromatic carbocycles. The molecular formula is C24H30N4O2S. The highest BCUT2D eigenvalue weighted by molar-refractivity contribution is 7.10. The minimum absolute atomic E-state index is 0.0365. The molecule has 2 aromatic heterocycles. The summed E-state index contributed by atoms with van der Waals surface area (Å²) in [4.78, 5) is 39.5. The van der Waals surface area contributed by atoms with Crippen molar-refractivity contribution in [2.75, 3.05) is 13.1 Å². The van der Waals surface area contributed by atoms with Crippen molar-refractivity contribution >= 4 is 17.2 Å². The summed E-state index contributed by atoms with van der Waals surface area (Å²) in [7, 11) is 0. The highest BCUT2D eigenvalue weighted by Gasteiger charge is 2.34. The van der Waals surface area contributed by atoms with Crippen molar-refractivity contribution in [2.45, 2.75) is 64.6 Å². The van der Waals surface area contributed by atoms with E-state index in [1.165, 1.54) is 10.4 Å². The highest BCUT2D eigenvalue weighted by Crippen LogP contribution is 2.32. The average molecular weight is 439 g/mol. The summed E-state index contributed by atoms with van der Waals surface area (Å²) >= 11 is 1.78. The third kappa shape index (κ3) is 4.26. The fourth-order valence-corrected chi connectivity index (χ4v) is 6.07. The number of aromatic amines is 1. The van der Waals surface area contributed by atoms with E-state index in [0.29, 0.717) is 24.7 Å². The molecule has 0 bridgehead atoms. The maximum absolute atomic E-state index is 13.0. The van der Waals surface area contributed by atoms with Gasteiger partial charge in [-0.1, -0.05) is 12.2 Å². The van der Waals surface area contributed by atoms with Crippen molar-refractivity contribution in [2.24, 2.45) is 5.92 Å². The lowest BCUT2D eigenvalue weighted by molar-refractivity contribution is -0.133. The number of nitrogens with zero attached hydrogens (tertiary/aromatic N) is 3. The van der Waals surface area contributed by atoms with E-state index in [2.05, 4.69) is 40.4 Å². The SMILES string of the molecule is Cc1ccsc1CN1CCc2nc(C3CCCN3C(=O)CC3C=CCC3)[nH]c(=O)c2C1. The second-order valence-electron chi connectivity index (χ2n) is 9.08. The smallest absolute Gasteiger partial charge is 0.255 e. The van der Waals surface area contributed by atoms with Gasteiger partial charge in [-0.05, 0) is 55.5 Å². The second kappa shape index (κ2) is 8.71. The molecule has 31 heavy (non-hydrogen) atoms. The van der Waals surface area contributed by atoms with E-state index in [-0.39, 0.29) is 17.5 Å². The van der Waals surface area contributed by atoms with Crippen molar-refractivity contribution in [3.05, 3.63) is 61.5 Å². The van der Waals surface area contributed by atoms with Crippen molar-refractivity contribution in [3.8, 4) is 0 Å². The number of rotatable bonds is 5. The fraction of sp³-hybridized carbons (Fsp3) is 0.542. The Kier molecular flexibility index (Phi) is 5.80. The number of thiophene rings is 1. The molecule has 1 N–H and O–H groups in total. The summed E-state index contributed by atoms with van der Waals surface area (Å²) in [5, 5.41) is 2.13. The first-order chi connectivity index (χ1) is 15.1. The van der Waals surface area contributed by atoms with Gasteiger partial charge in [0.05, 0.1) is 17.3 Å². The summed E-state index contributed by atoms with van der Waals surface area (Å²) < 4.78 is 0. The van der Waals surface area contributed by atoms with E-state index in [1.54, 1.807) is 11.3 Å². The monoisotopic (exact) mass is 438 g/mol. The summed E-state index contributed by atoms with van der Waals surface area (Å²) in [6.07, 6.45) is 9.67. The van der Waals surface area contributed by atoms with Gasteiger partial charge in [-0.25, -0.2) is 4.98 Å². The zero-order chi connectivity index (χ0) is 21.4. The Hall–Kier alpha value is -2.25. The highest BCUT2D eigenvalue weighted by atomic mass is 32.1. The zero-order valence-corrected chi connectivity index (χ0v) is 18.9. The molecule has 2 aliphatic heterocycles. The quantitative estimate of drug-likeness (QED) is 0.723. The Morgan fingerprint density at radius 1 is 1.32 bits per heavy atom. The molecule has 3 aliphatic rings. The molecule has 2 aromatic rings. The molecule has 0 spiro atoms. The van der Waals surface area contributed by atoms with Crippen LogP contribution in [0.3, 0.4) is 0 Å². The number of amides is 1. The summed E-state index contributed by atoms with van der Waals surface area (Å²) in [6.45, 7) is 5.32. The number of carbonyl (C=O) groups excluding carboxylic acids is 1. The van der Waals surface area contributed by atoms with Crippen molar-refractivity contribution < 1.29 is 4.79 Å². The Balaban J connectivity index is 1.32. The minimum Gasteiger partial charge on any atom is -0.332 e. The van der Waals surface area contributed by atoms with Gasteiger partial charge in [0.25, 0.3) is 5.56 Å². The molecule has 2 unspecified atom stereocenters. The fourth-order valence-electron chi connectivity index (χ4n) is 5.12. The second-order valence-corrected chi connectivity index (χ2v) is 10.1. The lowest BCUT2D eigenvalue weighted by atomic mass is 10.0. The van der Waals surface area contributed by atoms with Gasteiger partial charge in [-0.15, -0.1) is 11.3 Å². The number of H-pyrrole nitrogens is 1. The molecule has 0 saturated carbocycles. The lowest BCUT2D eigenvalue weighted by Crippen LogP contribution is -2.38. The van der Waals surface area contributed by atoms with Crippen molar-refractivity contribution in [3.63, 3.8) is 0 Å². The number of allylic oxidation sites excluding steroid dienone is 2. The number of carbonyl (C=O) groups is 1. The molecule has 1 aliphatic carbocycles. The van der Waals surface area contributed by atoms with Crippen molar-refractivity contribution in [1.29, 1.82) is 0 Å². The van der Waals surface area contributed by atoms with Crippen LogP contribution in [0.4, 0.5) is 0 Å². The molecule has 5 rings (SSSR count). The molecule has 4 heterocycles. The summed E-state index contributed by atoms with van der Waals surface area (Å²) in [5.41, 5.74) is 2.98. The lowest BCUT2D eigenvalue weighted by Gasteiger charge is -2.29. The first-order valence-corrected chi connectivity index (χ1v) is 12.3. The Morgan fingerprint density at radius 2 is 2.23 bits per heavy atom. The van der Waals surface area contributed by atoms with Crippen LogP contribution in [-0.4, -0.2) is 38.8 Å². The number of hydrogen-bond acceptors (Lipinski definition) is 5. The van der Waals surface area contributed by atoms with E-state index in [0.717, 1.165) is 63.0 Å². The van der Waals surface area contributed by atoms with Crippen LogP contribution < -0.4 is 5.56 Å². The maximum atomic E-state index is 13.0. The molecule has 1 saturated heterocycles. The molecule has 6 nitrogen and oxygen atoms in total. The number of aryl methyl sites for hydroxylation is 1. The van der Waals surface area contributed by atoms with Crippen LogP contribution in [0.15, 0.2) is 28.4 Å². The number of aromatic nitrogens is 2. The van der Waals surface area contributed by atoms with E-state index < -0.39 is 0 Å². The molecular weight excluding hydrogens is 408 g/mol. The summed E-state index contributed by atoms with van der Waals surface area (Å²) in [6, 6.07) is 2.05. The number of likely N-dealkylation sites (tertiary alicyclic amines) is 1. The van der Waals surface area contributed by atoms with E-state index >= 15 is 0 Å². The predicted molar refractivity (Wildman–Crippen MR) is 122 cm³/mol. The Labute approximate surface area is 187 Å². The Morgan fingerprint density at radius 3 is 3.00 bits per heavy atom. The molecule has 0 radical (unpaired) electrons. The van der Waals surface area contributed by atoms with E-state index in [9.17, 15) is 9.59 Å². The van der Waals surface area contributed by atoms with Gasteiger partial charge in [0.1, 0.15) is 5.82 Å². The number of nitrogens with one attached hydrogen (secondary N) is 1. The van der Waals surface area contributed by atoms with Crippen LogP contribution >= 0.6 is 11.3 Å². The number of fused-ring (bicyclic) bond motifs is 1. The third-order valence-electron chi connectivity index (χ3n) is 6.94. The van der Waals surface area contributed by atoms with E-state index in [1.807, 2.05) is 4.90 Å². The van der Waals surface area contributed by atoms with Gasteiger partial charge in [0, 0.05) is 43.9 Å². The van der Waals surface area contributed by atoms with Gasteiger partial charge in [0.2, 0.25) is 5.91 Å². The standard InChI is InChI=1S/C24H30N4O2S/c1-16-9-12-31-21(16)15-27-11-8-19-18(14-27)24(30)26-23(25-19)20-7-4-10-28(20)22(29)13-17-5-2-3-6-17/h2,5,9,12,17,20H,3-4,6-8,10-11,13-15H2,1H3,(H,25,26,30). The van der Waals surface area contributed by atoms with Crippen LogP contribution in [0.25, 0.3) is 0 Å². The largest absolute Gasteiger partial charge is 0.332 e. The maximum Gasteiger partial charge on any atom is 0.255 e. The molecule has 1 amide bonds. The van der Waals surface area contributed by atoms with Crippen LogP contribution in [0, 0.1) is 12.8 Å². The van der Waals surface area contributed by atoms with Crippen LogP contribution in [0.5, 0.6) is 0 Å². The van der Waals surface area contributed by atoms with Crippen LogP contribution in [-0.2, 0) is 24.3 Å². The van der Waals surface area contributed by atoms with Gasteiger partial charge in [-0.3, -0.25) is 14.5 Å². The van der Waals surface area contributed by atoms with Crippen LogP contribution in [0.1, 0.15) is 65.7 Å². The topological polar surface area (TPSA) is 69.3 Å². The normalized spacial score (nSPS) is 23.5. The summed E-state index contributed by atoms with van der Waals surface area (Å²) in [5.74, 6) is 1.23. The van der Waals surface area contributed by atoms with Gasteiger partial charge in [-0.2, -0.15) is 0 Å². The molecule has 1 fully saturated rings. The first-order valence-electron chi connectivity index (χ1n) is 11.4. The first kappa shape index (κ1) is 20.6. The molecule has 164 valence electrons. The Bertz CT molecular complexity index is 1060. The number of hydrogen-bond donors (Lipinski definition) is 1. The molecule has 7 heteroatoms. The minimum atomic E-state index is -0.0947.